The number of halogens is 2. The summed E-state index contributed by atoms with van der Waals surface area (Å²) in [5.74, 6) is -0.0436. The summed E-state index contributed by atoms with van der Waals surface area (Å²) in [6.45, 7) is 0.316. The van der Waals surface area contributed by atoms with Crippen LogP contribution in [0, 0.1) is 0 Å². The van der Waals surface area contributed by atoms with Crippen LogP contribution in [-0.2, 0) is 10.0 Å². The van der Waals surface area contributed by atoms with Crippen molar-refractivity contribution in [2.45, 2.75) is 4.90 Å². The summed E-state index contributed by atoms with van der Waals surface area (Å²) < 4.78 is 27.8. The fourth-order valence-electron chi connectivity index (χ4n) is 3.35. The van der Waals surface area contributed by atoms with Crippen molar-refractivity contribution in [3.05, 3.63) is 66.2 Å². The second kappa shape index (κ2) is 9.72. The summed E-state index contributed by atoms with van der Waals surface area (Å²) >= 11 is 12.8. The first kappa shape index (κ1) is 22.9. The summed E-state index contributed by atoms with van der Waals surface area (Å²) in [6.07, 6.45) is 0. The highest BCUT2D eigenvalue weighted by Crippen LogP contribution is 2.32. The van der Waals surface area contributed by atoms with Crippen molar-refractivity contribution in [2.75, 3.05) is 30.2 Å². The van der Waals surface area contributed by atoms with Gasteiger partial charge in [-0.05, 0) is 35.7 Å². The normalized spacial score (nSPS) is 12.0. The predicted octanol–water partition coefficient (Wildman–Crippen LogP) is 5.17. The standard InChI is InChI=1S/C22H19Cl2N3O3S2/c23-11-13-27(14-12-24)32(29,30)17-8-5-16(6-9-17)21(28)26-22-25-19-10-7-15-3-1-2-4-18(15)20(19)31-22/h1-10H,11-14H2,(H,25,26,28). The zero-order chi connectivity index (χ0) is 22.7. The fraction of sp³-hybridized carbons (Fsp3) is 0.182. The number of nitrogens with one attached hydrogen (secondary N) is 1. The third-order valence-corrected chi connectivity index (χ3v) is 8.19. The third-order valence-electron chi connectivity index (χ3n) is 4.92. The molecule has 0 spiro atoms. The minimum absolute atomic E-state index is 0.0794. The molecule has 1 heterocycles. The van der Waals surface area contributed by atoms with E-state index in [1.54, 1.807) is 0 Å². The van der Waals surface area contributed by atoms with Crippen LogP contribution in [0.1, 0.15) is 10.4 Å². The minimum atomic E-state index is -3.74. The molecule has 1 aromatic heterocycles. The van der Waals surface area contributed by atoms with Crippen LogP contribution in [-0.4, -0.2) is 48.5 Å². The number of anilines is 1. The summed E-state index contributed by atoms with van der Waals surface area (Å²) in [7, 11) is -3.74. The predicted molar refractivity (Wildman–Crippen MR) is 132 cm³/mol. The molecule has 6 nitrogen and oxygen atoms in total. The van der Waals surface area contributed by atoms with Crippen molar-refractivity contribution in [1.82, 2.24) is 9.29 Å². The van der Waals surface area contributed by atoms with Crippen LogP contribution in [0.15, 0.2) is 65.6 Å². The van der Waals surface area contributed by atoms with Crippen LogP contribution in [0.3, 0.4) is 0 Å². The van der Waals surface area contributed by atoms with E-state index in [0.717, 1.165) is 21.0 Å². The molecule has 0 atom stereocenters. The summed E-state index contributed by atoms with van der Waals surface area (Å²) in [5, 5.41) is 5.47. The van der Waals surface area contributed by atoms with Gasteiger partial charge in [-0.1, -0.05) is 41.7 Å². The Bertz CT molecular complexity index is 1370. The number of carbonyl (C=O) groups excluding carboxylic acids is 1. The van der Waals surface area contributed by atoms with Gasteiger partial charge in [-0.3, -0.25) is 10.1 Å². The first-order chi connectivity index (χ1) is 15.4. The van der Waals surface area contributed by atoms with Crippen LogP contribution in [0.5, 0.6) is 0 Å². The Kier molecular flexibility index (Phi) is 6.97. The maximum atomic E-state index is 12.8. The van der Waals surface area contributed by atoms with E-state index >= 15 is 0 Å². The van der Waals surface area contributed by atoms with Gasteiger partial charge in [0.25, 0.3) is 5.91 Å². The van der Waals surface area contributed by atoms with E-state index in [-0.39, 0.29) is 35.7 Å². The van der Waals surface area contributed by atoms with E-state index < -0.39 is 10.0 Å². The Balaban J connectivity index is 1.55. The summed E-state index contributed by atoms with van der Waals surface area (Å²) in [5.41, 5.74) is 1.14. The lowest BCUT2D eigenvalue weighted by Gasteiger charge is -2.20. The van der Waals surface area contributed by atoms with Gasteiger partial charge in [0.2, 0.25) is 10.0 Å². The highest BCUT2D eigenvalue weighted by atomic mass is 35.5. The van der Waals surface area contributed by atoms with Gasteiger partial charge in [0.15, 0.2) is 5.13 Å². The lowest BCUT2D eigenvalue weighted by atomic mass is 10.1. The molecule has 0 aliphatic heterocycles. The van der Waals surface area contributed by atoms with Crippen LogP contribution < -0.4 is 5.32 Å². The highest BCUT2D eigenvalue weighted by molar-refractivity contribution is 7.89. The van der Waals surface area contributed by atoms with Crippen molar-refractivity contribution in [3.8, 4) is 0 Å². The molecule has 0 saturated heterocycles. The quantitative estimate of drug-likeness (QED) is 0.333. The summed E-state index contributed by atoms with van der Waals surface area (Å²) in [4.78, 5) is 17.3. The Labute approximate surface area is 199 Å². The Morgan fingerprint density at radius 1 is 0.969 bits per heavy atom. The Morgan fingerprint density at radius 3 is 2.34 bits per heavy atom. The van der Waals surface area contributed by atoms with Gasteiger partial charge in [-0.15, -0.1) is 23.2 Å². The second-order valence-corrected chi connectivity index (χ2v) is 10.6. The molecule has 0 aliphatic carbocycles. The fourth-order valence-corrected chi connectivity index (χ4v) is 6.39. The first-order valence-electron chi connectivity index (χ1n) is 9.76. The van der Waals surface area contributed by atoms with Gasteiger partial charge in [0.1, 0.15) is 0 Å². The number of aromatic nitrogens is 1. The van der Waals surface area contributed by atoms with E-state index in [9.17, 15) is 13.2 Å². The second-order valence-electron chi connectivity index (χ2n) is 6.91. The monoisotopic (exact) mass is 507 g/mol. The largest absolute Gasteiger partial charge is 0.298 e. The zero-order valence-corrected chi connectivity index (χ0v) is 19.9. The molecule has 4 aromatic rings. The maximum Gasteiger partial charge on any atom is 0.257 e. The van der Waals surface area contributed by atoms with Crippen LogP contribution >= 0.6 is 34.5 Å². The van der Waals surface area contributed by atoms with Gasteiger partial charge in [0, 0.05) is 35.8 Å². The van der Waals surface area contributed by atoms with Gasteiger partial charge >= 0.3 is 0 Å². The van der Waals surface area contributed by atoms with Crippen molar-refractivity contribution < 1.29 is 13.2 Å². The summed E-state index contributed by atoms with van der Waals surface area (Å²) in [6, 6.07) is 17.7. The van der Waals surface area contributed by atoms with E-state index in [4.69, 9.17) is 23.2 Å². The average molecular weight is 508 g/mol. The molecular formula is C22H19Cl2N3O3S2. The van der Waals surface area contributed by atoms with Crippen molar-refractivity contribution in [3.63, 3.8) is 0 Å². The molecule has 3 aromatic carbocycles. The third kappa shape index (κ3) is 4.60. The first-order valence-corrected chi connectivity index (χ1v) is 13.1. The smallest absolute Gasteiger partial charge is 0.257 e. The highest BCUT2D eigenvalue weighted by Gasteiger charge is 2.24. The van der Waals surface area contributed by atoms with Gasteiger partial charge in [-0.25, -0.2) is 13.4 Å². The molecule has 0 aliphatic rings. The van der Waals surface area contributed by atoms with Gasteiger partial charge < -0.3 is 0 Å². The number of nitrogens with zero attached hydrogens (tertiary/aromatic N) is 2. The number of rotatable bonds is 8. The number of hydrogen-bond donors (Lipinski definition) is 1. The molecule has 166 valence electrons. The Morgan fingerprint density at radius 2 is 1.66 bits per heavy atom. The molecule has 1 N–H and O–H groups in total. The SMILES string of the molecule is O=C(Nc1nc2ccc3ccccc3c2s1)c1ccc(S(=O)(=O)N(CCCl)CCCl)cc1. The average Bonchev–Trinajstić information content (AvgIpc) is 3.22. The number of carbonyl (C=O) groups is 1. The van der Waals surface area contributed by atoms with Crippen LogP contribution in [0.2, 0.25) is 0 Å². The molecule has 0 bridgehead atoms. The number of alkyl halides is 2. The number of thiazole rings is 1. The molecule has 0 fully saturated rings. The topological polar surface area (TPSA) is 79.4 Å². The number of hydrogen-bond acceptors (Lipinski definition) is 5. The van der Waals surface area contributed by atoms with Gasteiger partial charge in [0.05, 0.1) is 15.1 Å². The number of sulfonamides is 1. The van der Waals surface area contributed by atoms with E-state index in [1.807, 2.05) is 36.4 Å². The zero-order valence-electron chi connectivity index (χ0n) is 16.8. The van der Waals surface area contributed by atoms with Crippen molar-refractivity contribution >= 4 is 76.6 Å². The maximum absolute atomic E-state index is 12.8. The lowest BCUT2D eigenvalue weighted by molar-refractivity contribution is 0.102. The number of benzene rings is 3. The molecule has 0 saturated carbocycles. The molecule has 4 rings (SSSR count). The molecule has 32 heavy (non-hydrogen) atoms. The van der Waals surface area contributed by atoms with Crippen LogP contribution in [0.4, 0.5) is 5.13 Å². The van der Waals surface area contributed by atoms with Gasteiger partial charge in [-0.2, -0.15) is 4.31 Å². The van der Waals surface area contributed by atoms with Crippen LogP contribution in [0.25, 0.3) is 21.0 Å². The molecule has 1 amide bonds. The van der Waals surface area contributed by atoms with E-state index in [0.29, 0.717) is 10.7 Å². The number of fused-ring (bicyclic) bond motifs is 3. The van der Waals surface area contributed by atoms with Crippen molar-refractivity contribution in [2.24, 2.45) is 0 Å². The Hall–Kier alpha value is -2.23. The molecule has 0 radical (unpaired) electrons. The molecular weight excluding hydrogens is 489 g/mol. The minimum Gasteiger partial charge on any atom is -0.298 e. The van der Waals surface area contributed by atoms with E-state index in [2.05, 4.69) is 10.3 Å². The number of amides is 1. The van der Waals surface area contributed by atoms with Crippen molar-refractivity contribution in [1.29, 1.82) is 0 Å². The molecule has 10 heteroatoms. The lowest BCUT2D eigenvalue weighted by Crippen LogP contribution is -2.34. The molecule has 0 unspecified atom stereocenters. The van der Waals surface area contributed by atoms with E-state index in [1.165, 1.54) is 39.9 Å².